The topological polar surface area (TPSA) is 70.1 Å². The summed E-state index contributed by atoms with van der Waals surface area (Å²) in [6.45, 7) is 3.74. The van der Waals surface area contributed by atoms with Gasteiger partial charge in [0.2, 0.25) is 0 Å². The summed E-state index contributed by atoms with van der Waals surface area (Å²) >= 11 is 0. The minimum absolute atomic E-state index is 0.00150. The molecule has 6 nitrogen and oxygen atoms in total. The molecule has 5 aliphatic rings. The van der Waals surface area contributed by atoms with Gasteiger partial charge in [0.1, 0.15) is 12.1 Å². The van der Waals surface area contributed by atoms with E-state index in [2.05, 4.69) is 0 Å². The average molecular weight is 384 g/mol. The molecule has 0 aromatic heterocycles. The van der Waals surface area contributed by atoms with Gasteiger partial charge >= 0.3 is 6.09 Å². The highest BCUT2D eigenvalue weighted by Crippen LogP contribution is 2.58. The molecule has 1 aromatic rings. The van der Waals surface area contributed by atoms with Gasteiger partial charge in [0.05, 0.1) is 11.6 Å². The highest BCUT2D eigenvalue weighted by atomic mass is 16.6. The monoisotopic (exact) mass is 384 g/mol. The van der Waals surface area contributed by atoms with Crippen molar-refractivity contribution in [3.05, 3.63) is 35.9 Å². The molecule has 4 saturated carbocycles. The highest BCUT2D eigenvalue weighted by Gasteiger charge is 2.65. The van der Waals surface area contributed by atoms with Crippen LogP contribution in [0.1, 0.15) is 51.5 Å². The zero-order valence-corrected chi connectivity index (χ0v) is 16.5. The van der Waals surface area contributed by atoms with E-state index in [0.717, 1.165) is 37.7 Å². The van der Waals surface area contributed by atoms with E-state index in [0.29, 0.717) is 5.92 Å². The number of hydrogen-bond acceptors (Lipinski definition) is 4. The number of hydrazine groups is 1. The number of benzene rings is 1. The van der Waals surface area contributed by atoms with Crippen molar-refractivity contribution in [3.8, 4) is 0 Å². The second kappa shape index (κ2) is 5.96. The van der Waals surface area contributed by atoms with Crippen LogP contribution >= 0.6 is 0 Å². The summed E-state index contributed by atoms with van der Waals surface area (Å²) in [4.78, 5) is 25.9. The maximum atomic E-state index is 13.0. The quantitative estimate of drug-likeness (QED) is 0.869. The normalized spacial score (nSPS) is 37.8. The van der Waals surface area contributed by atoms with Gasteiger partial charge < -0.3 is 9.84 Å². The van der Waals surface area contributed by atoms with Crippen LogP contribution in [-0.2, 0) is 16.1 Å². The fourth-order valence-corrected chi connectivity index (χ4v) is 6.41. The van der Waals surface area contributed by atoms with Gasteiger partial charge in [0.15, 0.2) is 0 Å². The SMILES string of the molecule is CC1(C)C(=O)N(C2[C@@H]3CC4C[C@H]2CC(O)(C4)C3)N1C(=O)OCc1ccccc1. The van der Waals surface area contributed by atoms with Crippen LogP contribution in [0.15, 0.2) is 30.3 Å². The van der Waals surface area contributed by atoms with Gasteiger partial charge in [-0.15, -0.1) is 0 Å². The molecule has 5 atom stereocenters. The molecule has 4 bridgehead atoms. The molecule has 1 heterocycles. The second-order valence-electron chi connectivity index (χ2n) is 9.75. The van der Waals surface area contributed by atoms with Crippen LogP contribution in [0.4, 0.5) is 4.79 Å². The van der Waals surface area contributed by atoms with Crippen LogP contribution in [0.2, 0.25) is 0 Å². The molecule has 5 fully saturated rings. The van der Waals surface area contributed by atoms with E-state index in [1.54, 1.807) is 18.9 Å². The van der Waals surface area contributed by atoms with Crippen molar-refractivity contribution in [1.29, 1.82) is 0 Å². The van der Waals surface area contributed by atoms with Gasteiger partial charge in [-0.1, -0.05) is 30.3 Å². The Bertz CT molecular complexity index is 792. The number of carbonyl (C=O) groups excluding carboxylic acids is 2. The first-order chi connectivity index (χ1) is 13.3. The maximum Gasteiger partial charge on any atom is 0.430 e. The molecule has 6 heteroatoms. The maximum absolute atomic E-state index is 13.0. The number of hydrogen-bond donors (Lipinski definition) is 1. The number of amides is 2. The van der Waals surface area contributed by atoms with Crippen molar-refractivity contribution in [3.63, 3.8) is 0 Å². The van der Waals surface area contributed by atoms with Crippen LogP contribution in [0.25, 0.3) is 0 Å². The molecule has 150 valence electrons. The van der Waals surface area contributed by atoms with Crippen molar-refractivity contribution in [2.45, 2.75) is 69.7 Å². The summed E-state index contributed by atoms with van der Waals surface area (Å²) in [5, 5.41) is 14.0. The third-order valence-electron chi connectivity index (χ3n) is 7.33. The lowest BCUT2D eigenvalue weighted by Crippen LogP contribution is -2.81. The molecule has 4 aliphatic carbocycles. The largest absolute Gasteiger partial charge is 0.443 e. The average Bonchev–Trinajstić information content (AvgIpc) is 2.64. The van der Waals surface area contributed by atoms with Crippen LogP contribution in [0, 0.1) is 17.8 Å². The fourth-order valence-electron chi connectivity index (χ4n) is 6.41. The van der Waals surface area contributed by atoms with Crippen molar-refractivity contribution < 1.29 is 19.4 Å². The Labute approximate surface area is 165 Å². The van der Waals surface area contributed by atoms with Crippen molar-refractivity contribution in [2.75, 3.05) is 0 Å². The Kier molecular flexibility index (Phi) is 3.83. The molecule has 0 radical (unpaired) electrons. The first-order valence-electron chi connectivity index (χ1n) is 10.4. The zero-order chi connectivity index (χ0) is 19.7. The molecule has 2 amide bonds. The predicted molar refractivity (Wildman–Crippen MR) is 102 cm³/mol. The number of ether oxygens (including phenoxy) is 1. The predicted octanol–water partition coefficient (Wildman–Crippen LogP) is 3.10. The van der Waals surface area contributed by atoms with E-state index in [9.17, 15) is 14.7 Å². The Balaban J connectivity index is 1.35. The van der Waals surface area contributed by atoms with Gasteiger partial charge in [0, 0.05) is 0 Å². The Morgan fingerprint density at radius 3 is 2.39 bits per heavy atom. The summed E-state index contributed by atoms with van der Waals surface area (Å²) in [5.41, 5.74) is -0.530. The van der Waals surface area contributed by atoms with Gasteiger partial charge in [-0.3, -0.25) is 4.79 Å². The van der Waals surface area contributed by atoms with E-state index in [-0.39, 0.29) is 30.4 Å². The Hall–Kier alpha value is -2.08. The van der Waals surface area contributed by atoms with Crippen molar-refractivity contribution in [2.24, 2.45) is 17.8 Å². The molecule has 6 rings (SSSR count). The molecule has 3 unspecified atom stereocenters. The standard InChI is InChI=1S/C22H28N2O4/c1-21(2)19(25)23(24(21)20(26)28-13-14-6-4-3-5-7-14)18-16-8-15-9-17(18)12-22(27,10-15)11-16/h3-7,15-18,27H,8-13H2,1-2H3/t15?,16-,17+,18?,22?. The summed E-state index contributed by atoms with van der Waals surface area (Å²) in [6, 6.07) is 9.57. The van der Waals surface area contributed by atoms with Gasteiger partial charge in [-0.25, -0.2) is 14.8 Å². The minimum Gasteiger partial charge on any atom is -0.443 e. The summed E-state index contributed by atoms with van der Waals surface area (Å²) in [6.07, 6.45) is 3.99. The molecule has 1 aliphatic heterocycles. The summed E-state index contributed by atoms with van der Waals surface area (Å²) < 4.78 is 5.55. The number of nitrogens with zero attached hydrogens (tertiary/aromatic N) is 2. The molecule has 0 spiro atoms. The summed E-state index contributed by atoms with van der Waals surface area (Å²) in [5.74, 6) is 1.07. The van der Waals surface area contributed by atoms with Crippen LogP contribution in [-0.4, -0.2) is 44.3 Å². The van der Waals surface area contributed by atoms with Crippen molar-refractivity contribution in [1.82, 2.24) is 10.0 Å². The zero-order valence-electron chi connectivity index (χ0n) is 16.5. The molecule has 1 aromatic carbocycles. The number of carbonyl (C=O) groups is 2. The molecule has 1 N–H and O–H groups in total. The van der Waals surface area contributed by atoms with Crippen molar-refractivity contribution >= 4 is 12.0 Å². The number of aliphatic hydroxyl groups is 1. The Morgan fingerprint density at radius 2 is 1.79 bits per heavy atom. The van der Waals surface area contributed by atoms with Crippen LogP contribution in [0.3, 0.4) is 0 Å². The lowest BCUT2D eigenvalue weighted by atomic mass is 9.52. The smallest absolute Gasteiger partial charge is 0.430 e. The molecule has 28 heavy (non-hydrogen) atoms. The molecular weight excluding hydrogens is 356 g/mol. The van der Waals surface area contributed by atoms with Crippen LogP contribution < -0.4 is 0 Å². The number of rotatable bonds is 3. The Morgan fingerprint density at radius 1 is 1.14 bits per heavy atom. The van der Waals surface area contributed by atoms with E-state index < -0.39 is 17.2 Å². The van der Waals surface area contributed by atoms with Crippen LogP contribution in [0.5, 0.6) is 0 Å². The first-order valence-corrected chi connectivity index (χ1v) is 10.4. The molecular formula is C22H28N2O4. The summed E-state index contributed by atoms with van der Waals surface area (Å²) in [7, 11) is 0. The minimum atomic E-state index is -0.890. The van der Waals surface area contributed by atoms with E-state index in [1.807, 2.05) is 30.3 Å². The van der Waals surface area contributed by atoms with Gasteiger partial charge in [0.25, 0.3) is 5.91 Å². The van der Waals surface area contributed by atoms with Gasteiger partial charge in [-0.05, 0) is 69.3 Å². The van der Waals surface area contributed by atoms with E-state index >= 15 is 0 Å². The van der Waals surface area contributed by atoms with E-state index in [4.69, 9.17) is 4.74 Å². The lowest BCUT2D eigenvalue weighted by Gasteiger charge is -2.65. The third-order valence-corrected chi connectivity index (χ3v) is 7.33. The first kappa shape index (κ1) is 18.0. The third kappa shape index (κ3) is 2.57. The molecule has 1 saturated heterocycles. The van der Waals surface area contributed by atoms with Gasteiger partial charge in [-0.2, -0.15) is 0 Å². The highest BCUT2D eigenvalue weighted by molar-refractivity contribution is 5.96. The lowest BCUT2D eigenvalue weighted by molar-refractivity contribution is -0.247. The second-order valence-corrected chi connectivity index (χ2v) is 9.75. The van der Waals surface area contributed by atoms with E-state index in [1.165, 1.54) is 5.01 Å². The fraction of sp³-hybridized carbons (Fsp3) is 0.636.